The average Bonchev–Trinajstić information content (AvgIpc) is 2.47. The summed E-state index contributed by atoms with van der Waals surface area (Å²) in [5.74, 6) is 0. The molecule has 3 heteroatoms. The molecule has 118 valence electrons. The summed E-state index contributed by atoms with van der Waals surface area (Å²) in [5, 5.41) is 10.2. The van der Waals surface area contributed by atoms with Gasteiger partial charge in [0.05, 0.1) is 18.8 Å². The topological polar surface area (TPSA) is 32.7 Å². The maximum absolute atomic E-state index is 10.2. The third-order valence-electron chi connectivity index (χ3n) is 4.14. The molecule has 0 aliphatic carbocycles. The van der Waals surface area contributed by atoms with Gasteiger partial charge in [0, 0.05) is 12.6 Å². The van der Waals surface area contributed by atoms with E-state index in [4.69, 9.17) is 4.74 Å². The molecule has 0 radical (unpaired) electrons. The van der Waals surface area contributed by atoms with E-state index in [-0.39, 0.29) is 6.10 Å². The standard InChI is InChI=1S/C18H29NO2/c1-14(2)21-13-17(20)12-19-11-5-4-6-18(19)16-9-7-15(3)8-10-16/h7-10,14,17-18,20H,4-6,11-13H2,1-3H3. The molecule has 1 saturated heterocycles. The van der Waals surface area contributed by atoms with Gasteiger partial charge in [0.15, 0.2) is 0 Å². The van der Waals surface area contributed by atoms with E-state index in [1.54, 1.807) is 0 Å². The molecule has 3 nitrogen and oxygen atoms in total. The second-order valence-electron chi connectivity index (χ2n) is 6.45. The molecule has 1 aliphatic rings. The fourth-order valence-corrected chi connectivity index (χ4v) is 3.00. The van der Waals surface area contributed by atoms with Crippen LogP contribution < -0.4 is 0 Å². The highest BCUT2D eigenvalue weighted by atomic mass is 16.5. The number of rotatable bonds is 6. The Bertz CT molecular complexity index is 416. The van der Waals surface area contributed by atoms with Gasteiger partial charge in [-0.25, -0.2) is 0 Å². The van der Waals surface area contributed by atoms with E-state index in [9.17, 15) is 5.11 Å². The van der Waals surface area contributed by atoms with Crippen LogP contribution in [0.5, 0.6) is 0 Å². The van der Waals surface area contributed by atoms with Crippen molar-refractivity contribution in [2.24, 2.45) is 0 Å². The minimum Gasteiger partial charge on any atom is -0.389 e. The summed E-state index contributed by atoms with van der Waals surface area (Å²) < 4.78 is 5.53. The van der Waals surface area contributed by atoms with Crippen molar-refractivity contribution in [1.82, 2.24) is 4.90 Å². The maximum atomic E-state index is 10.2. The normalized spacial score (nSPS) is 21.7. The highest BCUT2D eigenvalue weighted by Gasteiger charge is 2.25. The van der Waals surface area contributed by atoms with Crippen molar-refractivity contribution in [2.75, 3.05) is 19.7 Å². The van der Waals surface area contributed by atoms with E-state index in [1.807, 2.05) is 13.8 Å². The number of piperidine rings is 1. The second kappa shape index (κ2) is 7.92. The van der Waals surface area contributed by atoms with Crippen molar-refractivity contribution in [1.29, 1.82) is 0 Å². The summed E-state index contributed by atoms with van der Waals surface area (Å²) in [7, 11) is 0. The zero-order valence-electron chi connectivity index (χ0n) is 13.6. The van der Waals surface area contributed by atoms with Gasteiger partial charge < -0.3 is 9.84 Å². The van der Waals surface area contributed by atoms with Crippen LogP contribution in [0, 0.1) is 6.92 Å². The van der Waals surface area contributed by atoms with Crippen LogP contribution >= 0.6 is 0 Å². The lowest BCUT2D eigenvalue weighted by atomic mass is 9.94. The third-order valence-corrected chi connectivity index (χ3v) is 4.14. The number of benzene rings is 1. The monoisotopic (exact) mass is 291 g/mol. The zero-order chi connectivity index (χ0) is 15.2. The number of hydrogen-bond acceptors (Lipinski definition) is 3. The minimum atomic E-state index is -0.404. The lowest BCUT2D eigenvalue weighted by molar-refractivity contribution is -0.0187. The third kappa shape index (κ3) is 5.10. The number of nitrogens with zero attached hydrogens (tertiary/aromatic N) is 1. The predicted molar refractivity (Wildman–Crippen MR) is 86.4 cm³/mol. The van der Waals surface area contributed by atoms with Gasteiger partial charge in [-0.2, -0.15) is 0 Å². The van der Waals surface area contributed by atoms with Crippen LogP contribution in [-0.4, -0.2) is 41.9 Å². The van der Waals surface area contributed by atoms with Crippen molar-refractivity contribution in [3.8, 4) is 0 Å². The van der Waals surface area contributed by atoms with Crippen molar-refractivity contribution in [3.63, 3.8) is 0 Å². The van der Waals surface area contributed by atoms with Crippen molar-refractivity contribution >= 4 is 0 Å². The highest BCUT2D eigenvalue weighted by molar-refractivity contribution is 5.24. The Morgan fingerprint density at radius 2 is 1.95 bits per heavy atom. The van der Waals surface area contributed by atoms with Crippen LogP contribution in [0.2, 0.25) is 0 Å². The summed E-state index contributed by atoms with van der Waals surface area (Å²) in [5.41, 5.74) is 2.67. The number of aliphatic hydroxyl groups excluding tert-OH is 1. The van der Waals surface area contributed by atoms with Crippen LogP contribution in [0.1, 0.15) is 50.3 Å². The average molecular weight is 291 g/mol. The number of aliphatic hydroxyl groups is 1. The largest absolute Gasteiger partial charge is 0.389 e. The molecule has 2 atom stereocenters. The van der Waals surface area contributed by atoms with Crippen molar-refractivity contribution < 1.29 is 9.84 Å². The molecule has 1 N–H and O–H groups in total. The summed E-state index contributed by atoms with van der Waals surface area (Å²) in [6.07, 6.45) is 3.45. The number of β-amino-alcohol motifs (C(OH)–C–C–N with tert-alkyl or cyclic N) is 1. The summed E-state index contributed by atoms with van der Waals surface area (Å²) in [6, 6.07) is 9.26. The Balaban J connectivity index is 1.96. The Morgan fingerprint density at radius 3 is 2.62 bits per heavy atom. The van der Waals surface area contributed by atoms with Crippen molar-refractivity contribution in [3.05, 3.63) is 35.4 Å². The molecule has 0 aromatic heterocycles. The molecular formula is C18H29NO2. The molecular weight excluding hydrogens is 262 g/mol. The van der Waals surface area contributed by atoms with Crippen LogP contribution in [0.4, 0.5) is 0 Å². The van der Waals surface area contributed by atoms with Gasteiger partial charge in [0.2, 0.25) is 0 Å². The lowest BCUT2D eigenvalue weighted by Crippen LogP contribution is -2.40. The predicted octanol–water partition coefficient (Wildman–Crippen LogP) is 3.31. The molecule has 1 aliphatic heterocycles. The first kappa shape index (κ1) is 16.5. The molecule has 2 rings (SSSR count). The summed E-state index contributed by atoms with van der Waals surface area (Å²) in [6.45, 7) is 8.32. The SMILES string of the molecule is Cc1ccc(C2CCCCN2CC(O)COC(C)C)cc1. The lowest BCUT2D eigenvalue weighted by Gasteiger charge is -2.37. The first-order chi connectivity index (χ1) is 10.1. The second-order valence-corrected chi connectivity index (χ2v) is 6.45. The smallest absolute Gasteiger partial charge is 0.0900 e. The van der Waals surface area contributed by atoms with E-state index in [1.165, 1.54) is 30.4 Å². The first-order valence-corrected chi connectivity index (χ1v) is 8.16. The minimum absolute atomic E-state index is 0.175. The summed E-state index contributed by atoms with van der Waals surface area (Å²) >= 11 is 0. The summed E-state index contributed by atoms with van der Waals surface area (Å²) in [4.78, 5) is 2.42. The van der Waals surface area contributed by atoms with Gasteiger partial charge in [-0.05, 0) is 45.7 Å². The van der Waals surface area contributed by atoms with Crippen LogP contribution in [0.3, 0.4) is 0 Å². The number of hydrogen-bond donors (Lipinski definition) is 1. The highest BCUT2D eigenvalue weighted by Crippen LogP contribution is 2.31. The molecule has 0 saturated carbocycles. The fraction of sp³-hybridized carbons (Fsp3) is 0.667. The molecule has 2 unspecified atom stereocenters. The number of aryl methyl sites for hydroxylation is 1. The van der Waals surface area contributed by atoms with Crippen LogP contribution in [0.15, 0.2) is 24.3 Å². The molecule has 1 aromatic carbocycles. The molecule has 21 heavy (non-hydrogen) atoms. The number of likely N-dealkylation sites (tertiary alicyclic amines) is 1. The van der Waals surface area contributed by atoms with E-state index in [2.05, 4.69) is 36.1 Å². The maximum Gasteiger partial charge on any atom is 0.0900 e. The Labute approximate surface area is 128 Å². The van der Waals surface area contributed by atoms with Crippen LogP contribution in [0.25, 0.3) is 0 Å². The first-order valence-electron chi connectivity index (χ1n) is 8.16. The van der Waals surface area contributed by atoms with Crippen LogP contribution in [-0.2, 0) is 4.74 Å². The Hall–Kier alpha value is -0.900. The quantitative estimate of drug-likeness (QED) is 0.873. The Kier molecular flexibility index (Phi) is 6.22. The van der Waals surface area contributed by atoms with Gasteiger partial charge in [0.1, 0.15) is 0 Å². The molecule has 1 fully saturated rings. The number of ether oxygens (including phenoxy) is 1. The van der Waals surface area contributed by atoms with E-state index in [0.717, 1.165) is 6.54 Å². The molecule has 0 bridgehead atoms. The van der Waals surface area contributed by atoms with Gasteiger partial charge in [-0.15, -0.1) is 0 Å². The molecule has 1 heterocycles. The fourth-order valence-electron chi connectivity index (χ4n) is 3.00. The van der Waals surface area contributed by atoms with Gasteiger partial charge in [-0.3, -0.25) is 4.90 Å². The van der Waals surface area contributed by atoms with Gasteiger partial charge in [-0.1, -0.05) is 36.2 Å². The zero-order valence-corrected chi connectivity index (χ0v) is 13.6. The van der Waals surface area contributed by atoms with Gasteiger partial charge in [0.25, 0.3) is 0 Å². The molecule has 0 spiro atoms. The van der Waals surface area contributed by atoms with E-state index in [0.29, 0.717) is 19.2 Å². The molecule has 0 amide bonds. The van der Waals surface area contributed by atoms with E-state index < -0.39 is 6.10 Å². The van der Waals surface area contributed by atoms with Gasteiger partial charge >= 0.3 is 0 Å². The van der Waals surface area contributed by atoms with Crippen molar-refractivity contribution in [2.45, 2.75) is 58.3 Å². The Morgan fingerprint density at radius 1 is 1.24 bits per heavy atom. The molecule has 1 aromatic rings. The van der Waals surface area contributed by atoms with E-state index >= 15 is 0 Å².